The second-order valence-electron chi connectivity index (χ2n) is 5.74. The van der Waals surface area contributed by atoms with Crippen molar-refractivity contribution in [2.45, 2.75) is 13.8 Å². The van der Waals surface area contributed by atoms with Gasteiger partial charge in [0.1, 0.15) is 18.2 Å². The van der Waals surface area contributed by atoms with Gasteiger partial charge < -0.3 is 20.7 Å². The highest BCUT2D eigenvalue weighted by Gasteiger charge is 2.07. The third kappa shape index (κ3) is 6.43. The van der Waals surface area contributed by atoms with Crippen LogP contribution in [0.1, 0.15) is 12.5 Å². The molecule has 2 aromatic rings. The van der Waals surface area contributed by atoms with Crippen molar-refractivity contribution in [2.75, 3.05) is 30.3 Å². The van der Waals surface area contributed by atoms with Crippen molar-refractivity contribution in [1.82, 2.24) is 5.32 Å². The molecule has 0 bridgehead atoms. The number of carbonyl (C=O) groups excluding carboxylic acids is 2. The van der Waals surface area contributed by atoms with Gasteiger partial charge in [0.05, 0.1) is 18.8 Å². The molecule has 3 N–H and O–H groups in total. The van der Waals surface area contributed by atoms with E-state index in [1.807, 2.05) is 31.2 Å². The highest BCUT2D eigenvalue weighted by Crippen LogP contribution is 2.19. The number of halogens is 1. The maximum absolute atomic E-state index is 13.8. The van der Waals surface area contributed by atoms with E-state index >= 15 is 0 Å². The summed E-state index contributed by atoms with van der Waals surface area (Å²) >= 11 is 0. The van der Waals surface area contributed by atoms with Gasteiger partial charge in [-0.1, -0.05) is 12.1 Å². The van der Waals surface area contributed by atoms with Gasteiger partial charge in [-0.3, -0.25) is 9.59 Å². The zero-order valence-corrected chi connectivity index (χ0v) is 14.8. The molecule has 0 aliphatic carbocycles. The highest BCUT2D eigenvalue weighted by molar-refractivity contribution is 5.89. The molecular weight excluding hydrogens is 337 g/mol. The number of carbonyl (C=O) groups is 2. The summed E-state index contributed by atoms with van der Waals surface area (Å²) in [5.41, 5.74) is 1.69. The van der Waals surface area contributed by atoms with E-state index in [4.69, 9.17) is 4.74 Å². The molecule has 0 heterocycles. The van der Waals surface area contributed by atoms with Crippen LogP contribution in [0.15, 0.2) is 42.5 Å². The summed E-state index contributed by atoms with van der Waals surface area (Å²) in [6, 6.07) is 11.7. The fourth-order valence-corrected chi connectivity index (χ4v) is 2.24. The van der Waals surface area contributed by atoms with Crippen molar-refractivity contribution in [3.63, 3.8) is 0 Å². The lowest BCUT2D eigenvalue weighted by molar-refractivity contribution is -0.119. The first-order valence-electron chi connectivity index (χ1n) is 8.21. The van der Waals surface area contributed by atoms with Crippen LogP contribution in [0.4, 0.5) is 15.8 Å². The van der Waals surface area contributed by atoms with E-state index in [0.717, 1.165) is 11.3 Å². The lowest BCUT2D eigenvalue weighted by atomic mass is 10.2. The minimum Gasteiger partial charge on any atom is -0.492 e. The second-order valence-corrected chi connectivity index (χ2v) is 5.74. The van der Waals surface area contributed by atoms with Crippen LogP contribution < -0.4 is 20.7 Å². The number of nitrogens with one attached hydrogen (secondary N) is 3. The quantitative estimate of drug-likeness (QED) is 0.633. The minimum atomic E-state index is -0.505. The molecule has 0 spiro atoms. The fraction of sp³-hybridized carbons (Fsp3) is 0.263. The van der Waals surface area contributed by atoms with Gasteiger partial charge in [0.15, 0.2) is 0 Å². The SMILES string of the molecule is CC(=O)Nc1ccc(F)c(NCC(=O)NCCOc2cccc(C)c2)c1. The van der Waals surface area contributed by atoms with E-state index in [9.17, 15) is 14.0 Å². The topological polar surface area (TPSA) is 79.5 Å². The summed E-state index contributed by atoms with van der Waals surface area (Å²) in [5, 5.41) is 7.96. The number of rotatable bonds is 8. The smallest absolute Gasteiger partial charge is 0.239 e. The van der Waals surface area contributed by atoms with E-state index in [1.54, 1.807) is 0 Å². The second kappa shape index (κ2) is 9.41. The molecule has 2 rings (SSSR count). The van der Waals surface area contributed by atoms with E-state index in [1.165, 1.54) is 25.1 Å². The van der Waals surface area contributed by atoms with Gasteiger partial charge in [-0.25, -0.2) is 4.39 Å². The van der Waals surface area contributed by atoms with Crippen molar-refractivity contribution in [2.24, 2.45) is 0 Å². The molecule has 7 heteroatoms. The van der Waals surface area contributed by atoms with Gasteiger partial charge in [0.25, 0.3) is 0 Å². The van der Waals surface area contributed by atoms with Crippen LogP contribution in [-0.2, 0) is 9.59 Å². The first kappa shape index (κ1) is 19.2. The van der Waals surface area contributed by atoms with Gasteiger partial charge in [-0.05, 0) is 42.8 Å². The first-order valence-corrected chi connectivity index (χ1v) is 8.21. The van der Waals surface area contributed by atoms with Gasteiger partial charge in [-0.15, -0.1) is 0 Å². The fourth-order valence-electron chi connectivity index (χ4n) is 2.24. The molecule has 0 radical (unpaired) electrons. The first-order chi connectivity index (χ1) is 12.4. The van der Waals surface area contributed by atoms with Crippen LogP contribution >= 0.6 is 0 Å². The lowest BCUT2D eigenvalue weighted by Crippen LogP contribution is -2.33. The predicted octanol–water partition coefficient (Wildman–Crippen LogP) is 2.70. The largest absolute Gasteiger partial charge is 0.492 e. The average Bonchev–Trinajstić information content (AvgIpc) is 2.59. The Labute approximate surface area is 151 Å². The van der Waals surface area contributed by atoms with Crippen LogP contribution in [0.5, 0.6) is 5.75 Å². The van der Waals surface area contributed by atoms with Crippen LogP contribution in [-0.4, -0.2) is 31.5 Å². The van der Waals surface area contributed by atoms with Gasteiger partial charge in [0.2, 0.25) is 11.8 Å². The Kier molecular flexibility index (Phi) is 6.96. The molecule has 2 amide bonds. The summed E-state index contributed by atoms with van der Waals surface area (Å²) in [4.78, 5) is 22.9. The maximum atomic E-state index is 13.8. The Morgan fingerprint density at radius 1 is 1.15 bits per heavy atom. The van der Waals surface area contributed by atoms with Crippen molar-refractivity contribution in [3.05, 3.63) is 53.8 Å². The summed E-state index contributed by atoms with van der Waals surface area (Å²) in [6.07, 6.45) is 0. The number of ether oxygens (including phenoxy) is 1. The van der Waals surface area contributed by atoms with Crippen molar-refractivity contribution in [3.8, 4) is 5.75 Å². The third-order valence-electron chi connectivity index (χ3n) is 3.41. The van der Waals surface area contributed by atoms with E-state index in [2.05, 4.69) is 16.0 Å². The summed E-state index contributed by atoms with van der Waals surface area (Å²) in [5.74, 6) is -0.306. The molecule has 0 saturated heterocycles. The molecule has 0 fully saturated rings. The zero-order valence-electron chi connectivity index (χ0n) is 14.8. The van der Waals surface area contributed by atoms with Crippen molar-refractivity contribution < 1.29 is 18.7 Å². The van der Waals surface area contributed by atoms with Crippen LogP contribution in [0.25, 0.3) is 0 Å². The monoisotopic (exact) mass is 359 g/mol. The molecule has 0 saturated carbocycles. The molecule has 26 heavy (non-hydrogen) atoms. The molecule has 0 atom stereocenters. The average molecular weight is 359 g/mol. The van der Waals surface area contributed by atoms with Crippen LogP contribution in [0.3, 0.4) is 0 Å². The minimum absolute atomic E-state index is 0.0924. The summed E-state index contributed by atoms with van der Waals surface area (Å²) < 4.78 is 19.3. The number of hydrogen-bond acceptors (Lipinski definition) is 4. The third-order valence-corrected chi connectivity index (χ3v) is 3.41. The van der Waals surface area contributed by atoms with E-state index in [-0.39, 0.29) is 24.0 Å². The maximum Gasteiger partial charge on any atom is 0.239 e. The van der Waals surface area contributed by atoms with Crippen molar-refractivity contribution >= 4 is 23.2 Å². The normalized spacial score (nSPS) is 10.1. The predicted molar refractivity (Wildman–Crippen MR) is 98.9 cm³/mol. The molecule has 6 nitrogen and oxygen atoms in total. The number of aryl methyl sites for hydroxylation is 1. The number of anilines is 2. The standard InChI is InChI=1S/C19H22FN3O3/c1-13-4-3-5-16(10-13)26-9-8-21-19(25)12-22-18-11-15(23-14(2)24)6-7-17(18)20/h3-7,10-11,22H,8-9,12H2,1-2H3,(H,21,25)(H,23,24). The van der Waals surface area contributed by atoms with Gasteiger partial charge in [0, 0.05) is 12.6 Å². The van der Waals surface area contributed by atoms with Crippen LogP contribution in [0, 0.1) is 12.7 Å². The Bertz CT molecular complexity index is 780. The number of amides is 2. The van der Waals surface area contributed by atoms with E-state index < -0.39 is 5.82 Å². The number of benzene rings is 2. The molecular formula is C19H22FN3O3. The summed E-state index contributed by atoms with van der Waals surface area (Å²) in [7, 11) is 0. The zero-order chi connectivity index (χ0) is 18.9. The Morgan fingerprint density at radius 3 is 2.69 bits per heavy atom. The van der Waals surface area contributed by atoms with Gasteiger partial charge in [-0.2, -0.15) is 0 Å². The molecule has 0 aromatic heterocycles. The Hall–Kier alpha value is -3.09. The number of hydrogen-bond donors (Lipinski definition) is 3. The van der Waals surface area contributed by atoms with Crippen LogP contribution in [0.2, 0.25) is 0 Å². The highest BCUT2D eigenvalue weighted by atomic mass is 19.1. The molecule has 0 aliphatic heterocycles. The molecule has 0 aliphatic rings. The molecule has 138 valence electrons. The molecule has 0 unspecified atom stereocenters. The van der Waals surface area contributed by atoms with Gasteiger partial charge >= 0.3 is 0 Å². The Morgan fingerprint density at radius 2 is 1.96 bits per heavy atom. The lowest BCUT2D eigenvalue weighted by Gasteiger charge is -2.11. The summed E-state index contributed by atoms with van der Waals surface area (Å²) in [6.45, 7) is 3.92. The Balaban J connectivity index is 1.74. The van der Waals surface area contributed by atoms with Crippen molar-refractivity contribution in [1.29, 1.82) is 0 Å². The molecule has 2 aromatic carbocycles. The van der Waals surface area contributed by atoms with E-state index in [0.29, 0.717) is 18.8 Å².